The monoisotopic (exact) mass is 436 g/mol. The van der Waals surface area contributed by atoms with Gasteiger partial charge < -0.3 is 20.1 Å². The van der Waals surface area contributed by atoms with E-state index in [1.807, 2.05) is 19.1 Å². The van der Waals surface area contributed by atoms with E-state index in [-0.39, 0.29) is 23.7 Å². The molecule has 0 saturated heterocycles. The van der Waals surface area contributed by atoms with Crippen molar-refractivity contribution in [2.45, 2.75) is 65.1 Å². The van der Waals surface area contributed by atoms with Gasteiger partial charge in [0.25, 0.3) is 0 Å². The molecular weight excluding hydrogens is 404 g/mol. The first-order valence-electron chi connectivity index (χ1n) is 11.3. The lowest BCUT2D eigenvalue weighted by molar-refractivity contribution is -0.121. The number of hydrogen-bond donors (Lipinski definition) is 3. The summed E-state index contributed by atoms with van der Waals surface area (Å²) in [7, 11) is 0. The Labute approximate surface area is 189 Å². The summed E-state index contributed by atoms with van der Waals surface area (Å²) in [6, 6.07) is 14.6. The van der Waals surface area contributed by atoms with E-state index in [0.29, 0.717) is 31.6 Å². The second-order valence-electron chi connectivity index (χ2n) is 8.29. The van der Waals surface area contributed by atoms with Crippen LogP contribution in [0.1, 0.15) is 56.2 Å². The highest BCUT2D eigenvalue weighted by molar-refractivity contribution is 5.87. The van der Waals surface area contributed by atoms with Crippen molar-refractivity contribution < 1.29 is 24.9 Å². The number of benzene rings is 3. The number of hydrogen-bond acceptors (Lipinski definition) is 5. The van der Waals surface area contributed by atoms with Crippen LogP contribution < -0.4 is 4.74 Å². The van der Waals surface area contributed by atoms with Crippen LogP contribution in [-0.2, 0) is 24.2 Å². The van der Waals surface area contributed by atoms with Crippen molar-refractivity contribution in [2.75, 3.05) is 0 Å². The number of carbonyl (C=O) groups is 1. The number of carbonyl (C=O) groups excluding carboxylic acids is 1. The Morgan fingerprint density at radius 1 is 1.00 bits per heavy atom. The normalized spacial score (nSPS) is 12.1. The molecule has 1 atom stereocenters. The number of phenolic OH excluding ortho intramolecular Hbond substituents is 2. The van der Waals surface area contributed by atoms with E-state index in [9.17, 15) is 20.1 Å². The summed E-state index contributed by atoms with van der Waals surface area (Å²) < 4.78 is 5.89. The molecule has 1 unspecified atom stereocenters. The van der Waals surface area contributed by atoms with E-state index in [0.717, 1.165) is 40.3 Å². The van der Waals surface area contributed by atoms with Gasteiger partial charge in [0, 0.05) is 12.8 Å². The first-order valence-corrected chi connectivity index (χ1v) is 11.3. The standard InChI is InChI=1S/C27H32O5/c1-3-5-22(28)16-23(29)10-7-18-8-11-26(31)27(13-18)32-17-19-6-9-21-15-24(30)14-20(4-2)25(21)12-19/h6,8-9,11-15,22,28,30-31H,3-5,7,10,16-17H2,1-2H3. The SMILES string of the molecule is CCCC(O)CC(=O)CCc1ccc(O)c(OCc2ccc3cc(O)cc(CC)c3c2)c1. The molecule has 0 aliphatic heterocycles. The maximum atomic E-state index is 12.1. The molecule has 3 aromatic rings. The second-order valence-corrected chi connectivity index (χ2v) is 8.29. The topological polar surface area (TPSA) is 87.0 Å². The molecule has 0 aliphatic carbocycles. The summed E-state index contributed by atoms with van der Waals surface area (Å²) >= 11 is 0. The molecule has 5 nitrogen and oxygen atoms in total. The fourth-order valence-corrected chi connectivity index (χ4v) is 3.92. The number of Topliss-reactive ketones (excluding diaryl/α,β-unsaturated/α-hetero) is 1. The molecule has 3 rings (SSSR count). The molecule has 0 saturated carbocycles. The number of fused-ring (bicyclic) bond motifs is 1. The van der Waals surface area contributed by atoms with Crippen LogP contribution in [0, 0.1) is 0 Å². The molecule has 0 fully saturated rings. The van der Waals surface area contributed by atoms with E-state index in [1.165, 1.54) is 0 Å². The van der Waals surface area contributed by atoms with Gasteiger partial charge in [0.15, 0.2) is 11.5 Å². The minimum absolute atomic E-state index is 0.0374. The zero-order chi connectivity index (χ0) is 23.1. The van der Waals surface area contributed by atoms with Gasteiger partial charge in [-0.1, -0.05) is 38.5 Å². The molecule has 0 amide bonds. The van der Waals surface area contributed by atoms with Gasteiger partial charge in [0.1, 0.15) is 18.1 Å². The predicted octanol–water partition coefficient (Wildman–Crippen LogP) is 5.45. The van der Waals surface area contributed by atoms with Crippen LogP contribution in [0.2, 0.25) is 0 Å². The maximum absolute atomic E-state index is 12.1. The number of rotatable bonds is 11. The highest BCUT2D eigenvalue weighted by Crippen LogP contribution is 2.30. The lowest BCUT2D eigenvalue weighted by Gasteiger charge is -2.12. The van der Waals surface area contributed by atoms with Crippen LogP contribution in [-0.4, -0.2) is 27.2 Å². The Hall–Kier alpha value is -3.05. The van der Waals surface area contributed by atoms with E-state index in [4.69, 9.17) is 4.74 Å². The van der Waals surface area contributed by atoms with Gasteiger partial charge in [-0.15, -0.1) is 0 Å². The zero-order valence-electron chi connectivity index (χ0n) is 18.8. The van der Waals surface area contributed by atoms with Crippen LogP contribution >= 0.6 is 0 Å². The van der Waals surface area contributed by atoms with Crippen molar-refractivity contribution >= 4 is 16.6 Å². The fourth-order valence-electron chi connectivity index (χ4n) is 3.92. The molecule has 0 aliphatic rings. The molecule has 0 bridgehead atoms. The van der Waals surface area contributed by atoms with E-state index >= 15 is 0 Å². The largest absolute Gasteiger partial charge is 0.508 e. The number of ketones is 1. The van der Waals surface area contributed by atoms with Crippen LogP contribution in [0.3, 0.4) is 0 Å². The summed E-state index contributed by atoms with van der Waals surface area (Å²) in [5, 5.41) is 31.9. The van der Waals surface area contributed by atoms with Crippen LogP contribution in [0.15, 0.2) is 48.5 Å². The number of ether oxygens (including phenoxy) is 1. The van der Waals surface area contributed by atoms with Crippen LogP contribution in [0.5, 0.6) is 17.2 Å². The average molecular weight is 437 g/mol. The first-order chi connectivity index (χ1) is 15.4. The predicted molar refractivity (Wildman–Crippen MR) is 126 cm³/mol. The molecule has 170 valence electrons. The van der Waals surface area contributed by atoms with Gasteiger partial charge >= 0.3 is 0 Å². The number of aliphatic hydroxyl groups is 1. The smallest absolute Gasteiger partial charge is 0.161 e. The molecule has 0 spiro atoms. The molecule has 32 heavy (non-hydrogen) atoms. The summed E-state index contributed by atoms with van der Waals surface area (Å²) in [5.41, 5.74) is 2.93. The van der Waals surface area contributed by atoms with Gasteiger partial charge in [0.2, 0.25) is 0 Å². The van der Waals surface area contributed by atoms with Crippen molar-refractivity contribution in [2.24, 2.45) is 0 Å². The maximum Gasteiger partial charge on any atom is 0.161 e. The average Bonchev–Trinajstić information content (AvgIpc) is 2.77. The van der Waals surface area contributed by atoms with E-state index in [2.05, 4.69) is 13.0 Å². The van der Waals surface area contributed by atoms with E-state index < -0.39 is 6.10 Å². The Morgan fingerprint density at radius 3 is 2.53 bits per heavy atom. The van der Waals surface area contributed by atoms with Gasteiger partial charge in [-0.05, 0) is 77.1 Å². The van der Waals surface area contributed by atoms with Crippen molar-refractivity contribution in [1.82, 2.24) is 0 Å². The highest BCUT2D eigenvalue weighted by Gasteiger charge is 2.12. The van der Waals surface area contributed by atoms with Gasteiger partial charge in [-0.25, -0.2) is 0 Å². The van der Waals surface area contributed by atoms with Gasteiger partial charge in [0.05, 0.1) is 6.10 Å². The molecular formula is C27H32O5. The molecule has 0 heterocycles. The lowest BCUT2D eigenvalue weighted by Crippen LogP contribution is -2.13. The highest BCUT2D eigenvalue weighted by atomic mass is 16.5. The Bertz CT molecular complexity index is 1070. The molecule has 0 aromatic heterocycles. The van der Waals surface area contributed by atoms with Crippen molar-refractivity contribution in [3.05, 3.63) is 65.2 Å². The quantitative estimate of drug-likeness (QED) is 0.372. The fraction of sp³-hybridized carbons (Fsp3) is 0.370. The van der Waals surface area contributed by atoms with Crippen LogP contribution in [0.25, 0.3) is 10.8 Å². The number of aliphatic hydroxyl groups excluding tert-OH is 1. The summed E-state index contributed by atoms with van der Waals surface area (Å²) in [6.07, 6.45) is 2.81. The Kier molecular flexibility index (Phi) is 8.12. The van der Waals surface area contributed by atoms with Gasteiger partial charge in [-0.2, -0.15) is 0 Å². The Balaban J connectivity index is 1.65. The van der Waals surface area contributed by atoms with Gasteiger partial charge in [-0.3, -0.25) is 4.79 Å². The molecule has 0 radical (unpaired) electrons. The van der Waals surface area contributed by atoms with E-state index in [1.54, 1.807) is 30.3 Å². The summed E-state index contributed by atoms with van der Waals surface area (Å²) in [4.78, 5) is 12.1. The first kappa shape index (κ1) is 23.6. The third kappa shape index (κ3) is 6.24. The Morgan fingerprint density at radius 2 is 1.78 bits per heavy atom. The zero-order valence-corrected chi connectivity index (χ0v) is 18.8. The molecule has 5 heteroatoms. The molecule has 3 aromatic carbocycles. The number of phenols is 2. The minimum atomic E-state index is -0.564. The third-order valence-corrected chi connectivity index (χ3v) is 5.67. The number of aryl methyl sites for hydroxylation is 2. The summed E-state index contributed by atoms with van der Waals surface area (Å²) in [5.74, 6) is 0.731. The van der Waals surface area contributed by atoms with Crippen molar-refractivity contribution in [1.29, 1.82) is 0 Å². The third-order valence-electron chi connectivity index (χ3n) is 5.67. The lowest BCUT2D eigenvalue weighted by atomic mass is 10.00. The summed E-state index contributed by atoms with van der Waals surface area (Å²) in [6.45, 7) is 4.33. The molecule has 3 N–H and O–H groups in total. The second kappa shape index (κ2) is 11.0. The van der Waals surface area contributed by atoms with Crippen molar-refractivity contribution in [3.8, 4) is 17.2 Å². The minimum Gasteiger partial charge on any atom is -0.508 e. The number of aromatic hydroxyl groups is 2. The van der Waals surface area contributed by atoms with Crippen molar-refractivity contribution in [3.63, 3.8) is 0 Å². The van der Waals surface area contributed by atoms with Crippen LogP contribution in [0.4, 0.5) is 0 Å².